The predicted octanol–water partition coefficient (Wildman–Crippen LogP) is 1.53. The van der Waals surface area contributed by atoms with Gasteiger partial charge in [-0.1, -0.05) is 11.3 Å². The number of thiazole rings is 1. The van der Waals surface area contributed by atoms with Gasteiger partial charge in [0.15, 0.2) is 5.13 Å². The van der Waals surface area contributed by atoms with Crippen molar-refractivity contribution < 1.29 is 0 Å². The monoisotopic (exact) mass is 208 g/mol. The highest BCUT2D eigenvalue weighted by molar-refractivity contribution is 7.22. The molecule has 14 heavy (non-hydrogen) atoms. The standard InChI is InChI=1S/C9H12N4S/c1-13(2)7-4-6-8(3-5(7)10)14-9(11)12-6/h3-4H,10H2,1-2H3,(H2,11,12). The van der Waals surface area contributed by atoms with Gasteiger partial charge in [0.1, 0.15) is 0 Å². The van der Waals surface area contributed by atoms with Gasteiger partial charge >= 0.3 is 0 Å². The van der Waals surface area contributed by atoms with Gasteiger partial charge in [-0.3, -0.25) is 0 Å². The lowest BCUT2D eigenvalue weighted by Crippen LogP contribution is -2.10. The van der Waals surface area contributed by atoms with Crippen LogP contribution in [0, 0.1) is 0 Å². The molecular formula is C9H12N4S. The van der Waals surface area contributed by atoms with Gasteiger partial charge in [-0.15, -0.1) is 0 Å². The molecule has 5 heteroatoms. The third kappa shape index (κ3) is 1.35. The lowest BCUT2D eigenvalue weighted by molar-refractivity contribution is 1.14. The van der Waals surface area contributed by atoms with Crippen LogP contribution in [0.1, 0.15) is 0 Å². The Morgan fingerprint density at radius 2 is 2.00 bits per heavy atom. The Morgan fingerprint density at radius 3 is 2.64 bits per heavy atom. The highest BCUT2D eigenvalue weighted by atomic mass is 32.1. The second-order valence-electron chi connectivity index (χ2n) is 3.33. The van der Waals surface area contributed by atoms with Gasteiger partial charge in [0, 0.05) is 14.1 Å². The van der Waals surface area contributed by atoms with Crippen LogP contribution >= 0.6 is 11.3 Å². The summed E-state index contributed by atoms with van der Waals surface area (Å²) in [7, 11) is 3.90. The van der Waals surface area contributed by atoms with Gasteiger partial charge in [0.05, 0.1) is 21.6 Å². The zero-order valence-electron chi connectivity index (χ0n) is 8.11. The molecule has 1 aromatic carbocycles. The minimum absolute atomic E-state index is 0.579. The third-order valence-electron chi connectivity index (χ3n) is 2.04. The largest absolute Gasteiger partial charge is 0.397 e. The summed E-state index contributed by atoms with van der Waals surface area (Å²) >= 11 is 1.45. The Hall–Kier alpha value is -1.49. The zero-order chi connectivity index (χ0) is 10.3. The van der Waals surface area contributed by atoms with E-state index < -0.39 is 0 Å². The van der Waals surface area contributed by atoms with Crippen molar-refractivity contribution in [2.75, 3.05) is 30.5 Å². The summed E-state index contributed by atoms with van der Waals surface area (Å²) in [4.78, 5) is 6.17. The number of fused-ring (bicyclic) bond motifs is 1. The molecule has 0 fully saturated rings. The van der Waals surface area contributed by atoms with Crippen molar-refractivity contribution in [3.8, 4) is 0 Å². The number of benzene rings is 1. The number of hydrogen-bond donors (Lipinski definition) is 2. The molecule has 0 bridgehead atoms. The Labute approximate surface area is 86.1 Å². The number of hydrogen-bond acceptors (Lipinski definition) is 5. The summed E-state index contributed by atoms with van der Waals surface area (Å²) in [5, 5.41) is 0.579. The van der Waals surface area contributed by atoms with Crippen LogP contribution in [0.25, 0.3) is 10.2 Å². The first-order valence-corrected chi connectivity index (χ1v) is 5.02. The van der Waals surface area contributed by atoms with Gasteiger partial charge in [-0.05, 0) is 12.1 Å². The van der Waals surface area contributed by atoms with Crippen molar-refractivity contribution in [3.05, 3.63) is 12.1 Å². The molecule has 4 N–H and O–H groups in total. The molecule has 0 radical (unpaired) electrons. The summed E-state index contributed by atoms with van der Waals surface area (Å²) in [6, 6.07) is 3.87. The van der Waals surface area contributed by atoms with E-state index in [1.165, 1.54) is 11.3 Å². The minimum atomic E-state index is 0.579. The molecule has 0 saturated carbocycles. The fraction of sp³-hybridized carbons (Fsp3) is 0.222. The molecule has 0 aliphatic rings. The molecule has 0 unspecified atom stereocenters. The molecule has 0 atom stereocenters. The van der Waals surface area contributed by atoms with Crippen molar-refractivity contribution in [2.24, 2.45) is 0 Å². The number of nitrogens with two attached hydrogens (primary N) is 2. The molecule has 2 aromatic rings. The van der Waals surface area contributed by atoms with E-state index >= 15 is 0 Å². The second-order valence-corrected chi connectivity index (χ2v) is 4.39. The van der Waals surface area contributed by atoms with Gasteiger partial charge in [-0.2, -0.15) is 0 Å². The van der Waals surface area contributed by atoms with Gasteiger partial charge in [-0.25, -0.2) is 4.98 Å². The zero-order valence-corrected chi connectivity index (χ0v) is 8.93. The van der Waals surface area contributed by atoms with Crippen molar-refractivity contribution in [3.63, 3.8) is 0 Å². The average molecular weight is 208 g/mol. The van der Waals surface area contributed by atoms with E-state index in [9.17, 15) is 0 Å². The van der Waals surface area contributed by atoms with Crippen LogP contribution in [0.4, 0.5) is 16.5 Å². The molecule has 1 heterocycles. The number of nitrogen functional groups attached to an aromatic ring is 2. The molecule has 0 aliphatic carbocycles. The van der Waals surface area contributed by atoms with Crippen LogP contribution < -0.4 is 16.4 Å². The molecule has 4 nitrogen and oxygen atoms in total. The number of nitrogens with zero attached hydrogens (tertiary/aromatic N) is 2. The van der Waals surface area contributed by atoms with E-state index in [-0.39, 0.29) is 0 Å². The Morgan fingerprint density at radius 1 is 1.29 bits per heavy atom. The molecule has 0 aliphatic heterocycles. The first-order valence-electron chi connectivity index (χ1n) is 4.21. The van der Waals surface area contributed by atoms with Gasteiger partial charge < -0.3 is 16.4 Å². The summed E-state index contributed by atoms with van der Waals surface area (Å²) < 4.78 is 1.03. The van der Waals surface area contributed by atoms with E-state index in [0.717, 1.165) is 21.6 Å². The normalized spacial score (nSPS) is 10.7. The SMILES string of the molecule is CN(C)c1cc2nc(N)sc2cc1N. The quantitative estimate of drug-likeness (QED) is 0.697. The van der Waals surface area contributed by atoms with Gasteiger partial charge in [0.2, 0.25) is 0 Å². The number of aromatic nitrogens is 1. The van der Waals surface area contributed by atoms with E-state index in [0.29, 0.717) is 5.13 Å². The maximum atomic E-state index is 5.89. The Balaban J connectivity index is 2.70. The minimum Gasteiger partial charge on any atom is -0.397 e. The first-order chi connectivity index (χ1) is 6.58. The maximum absolute atomic E-state index is 5.89. The van der Waals surface area contributed by atoms with Crippen LogP contribution in [0.2, 0.25) is 0 Å². The highest BCUT2D eigenvalue weighted by Gasteiger charge is 2.07. The first kappa shape index (κ1) is 9.08. The Kier molecular flexibility index (Phi) is 1.96. The molecule has 0 amide bonds. The van der Waals surface area contributed by atoms with Crippen LogP contribution in [-0.4, -0.2) is 19.1 Å². The molecule has 2 rings (SSSR count). The van der Waals surface area contributed by atoms with E-state index in [2.05, 4.69) is 4.98 Å². The lowest BCUT2D eigenvalue weighted by Gasteiger charge is -2.14. The molecule has 74 valence electrons. The van der Waals surface area contributed by atoms with E-state index in [4.69, 9.17) is 11.5 Å². The molecule has 1 aromatic heterocycles. The summed E-state index contributed by atoms with van der Waals surface area (Å²) in [5.74, 6) is 0. The predicted molar refractivity (Wildman–Crippen MR) is 62.8 cm³/mol. The Bertz CT molecular complexity index is 475. The summed E-state index contributed by atoms with van der Waals surface area (Å²) in [6.45, 7) is 0. The lowest BCUT2D eigenvalue weighted by atomic mass is 10.2. The topological polar surface area (TPSA) is 68.2 Å². The van der Waals surface area contributed by atoms with Crippen LogP contribution in [0.3, 0.4) is 0 Å². The van der Waals surface area contributed by atoms with E-state index in [1.54, 1.807) is 0 Å². The van der Waals surface area contributed by atoms with Crippen molar-refractivity contribution in [1.29, 1.82) is 0 Å². The average Bonchev–Trinajstić information content (AvgIpc) is 2.42. The highest BCUT2D eigenvalue weighted by Crippen LogP contribution is 2.31. The molecular weight excluding hydrogens is 196 g/mol. The molecule has 0 saturated heterocycles. The van der Waals surface area contributed by atoms with Crippen LogP contribution in [0.5, 0.6) is 0 Å². The van der Waals surface area contributed by atoms with E-state index in [1.807, 2.05) is 31.1 Å². The summed E-state index contributed by atoms with van der Waals surface area (Å²) in [6.07, 6.45) is 0. The smallest absolute Gasteiger partial charge is 0.181 e. The summed E-state index contributed by atoms with van der Waals surface area (Å²) in [5.41, 5.74) is 14.2. The molecule has 0 spiro atoms. The van der Waals surface area contributed by atoms with Crippen molar-refractivity contribution in [1.82, 2.24) is 4.98 Å². The van der Waals surface area contributed by atoms with Crippen LogP contribution in [0.15, 0.2) is 12.1 Å². The fourth-order valence-electron chi connectivity index (χ4n) is 1.38. The van der Waals surface area contributed by atoms with Crippen molar-refractivity contribution in [2.45, 2.75) is 0 Å². The maximum Gasteiger partial charge on any atom is 0.181 e. The van der Waals surface area contributed by atoms with Gasteiger partial charge in [0.25, 0.3) is 0 Å². The number of anilines is 3. The fourth-order valence-corrected chi connectivity index (χ4v) is 2.15. The van der Waals surface area contributed by atoms with Crippen LogP contribution in [-0.2, 0) is 0 Å². The number of rotatable bonds is 1. The third-order valence-corrected chi connectivity index (χ3v) is 2.88. The second kappa shape index (κ2) is 3.02. The van der Waals surface area contributed by atoms with Crippen molar-refractivity contribution >= 4 is 38.1 Å².